The fourth-order valence-electron chi connectivity index (χ4n) is 5.78. The first-order valence-corrected chi connectivity index (χ1v) is 17.9. The molecule has 1 amide bonds. The van der Waals surface area contributed by atoms with Crippen LogP contribution >= 0.6 is 20.8 Å². The summed E-state index contributed by atoms with van der Waals surface area (Å²) in [6.45, 7) is 6.72. The number of hydrogen-bond donors (Lipinski definition) is 0. The number of amides is 1. The number of hydrogen-bond acceptors (Lipinski definition) is 3. The van der Waals surface area contributed by atoms with Crippen LogP contribution in [0.2, 0.25) is 0 Å². The van der Waals surface area contributed by atoms with Gasteiger partial charge in [-0.05, 0) is 0 Å². The predicted octanol–water partition coefficient (Wildman–Crippen LogP) is 6.58. The van der Waals surface area contributed by atoms with E-state index in [1.54, 1.807) is 12.1 Å². The second-order valence-corrected chi connectivity index (χ2v) is 20.1. The molecule has 0 aromatic heterocycles. The van der Waals surface area contributed by atoms with Gasteiger partial charge in [-0.3, -0.25) is 0 Å². The van der Waals surface area contributed by atoms with E-state index in [0.717, 1.165) is 27.9 Å². The van der Waals surface area contributed by atoms with Crippen LogP contribution in [-0.2, 0) is 16.1 Å². The van der Waals surface area contributed by atoms with Gasteiger partial charge in [-0.1, -0.05) is 0 Å². The van der Waals surface area contributed by atoms with Crippen LogP contribution in [0.1, 0.15) is 43.1 Å². The minimum atomic E-state index is -3.43. The van der Waals surface area contributed by atoms with E-state index in [2.05, 4.69) is 88.3 Å². The Morgan fingerprint density at radius 3 is 1.68 bits per heavy atom. The van der Waals surface area contributed by atoms with Crippen molar-refractivity contribution in [2.45, 2.75) is 45.0 Å². The first-order chi connectivity index (χ1) is 19.1. The van der Waals surface area contributed by atoms with E-state index in [4.69, 9.17) is 4.74 Å². The van der Waals surface area contributed by atoms with Gasteiger partial charge in [-0.15, -0.1) is 0 Å². The van der Waals surface area contributed by atoms with Crippen molar-refractivity contribution >= 4 is 48.6 Å². The second kappa shape index (κ2) is 11.0. The molecule has 40 heavy (non-hydrogen) atoms. The summed E-state index contributed by atoms with van der Waals surface area (Å²) >= 11 is 4.48. The zero-order chi connectivity index (χ0) is 28.4. The number of ether oxygens (including phenoxy) is 1. The van der Waals surface area contributed by atoms with Gasteiger partial charge < -0.3 is 0 Å². The van der Waals surface area contributed by atoms with Crippen LogP contribution in [0.5, 0.6) is 0 Å². The number of carbonyl (C=O) groups is 2. The van der Waals surface area contributed by atoms with Crippen molar-refractivity contribution in [1.82, 2.24) is 4.90 Å². The normalized spacial score (nSPS) is 16.8. The molecular formula is C34H35BrNO3P. The van der Waals surface area contributed by atoms with Gasteiger partial charge in [0.15, 0.2) is 0 Å². The number of carbonyl (C=O) groups excluding carboxylic acids is 2. The maximum atomic E-state index is 14.5. The molecule has 1 aliphatic rings. The standard InChI is InChI=1S/C34H35BrNO3P/c1-34(2,3)39-33(38)27-21-19-26(20-22-27)25-36-24-23-31(32(36)37)40(35,28-13-7-4-8-14-28,29-15-9-5-10-16-29)30-17-11-6-12-18-30/h4-22,31H,23-25H2,1-3H3. The third-order valence-corrected chi connectivity index (χ3v) is 18.3. The Morgan fingerprint density at radius 1 is 0.800 bits per heavy atom. The number of nitrogens with zero attached hydrogens (tertiary/aromatic N) is 1. The van der Waals surface area contributed by atoms with Crippen molar-refractivity contribution < 1.29 is 14.3 Å². The number of likely N-dealkylation sites (tertiary alicyclic amines) is 1. The molecule has 5 rings (SSSR count). The van der Waals surface area contributed by atoms with Crippen molar-refractivity contribution in [3.8, 4) is 0 Å². The van der Waals surface area contributed by atoms with Crippen LogP contribution in [0, 0.1) is 0 Å². The van der Waals surface area contributed by atoms with Gasteiger partial charge in [0, 0.05) is 0 Å². The monoisotopic (exact) mass is 615 g/mol. The van der Waals surface area contributed by atoms with E-state index in [-0.39, 0.29) is 17.5 Å². The molecule has 0 radical (unpaired) electrons. The third-order valence-electron chi connectivity index (χ3n) is 7.60. The molecule has 1 saturated heterocycles. The average molecular weight is 617 g/mol. The Bertz CT molecular complexity index is 1390. The van der Waals surface area contributed by atoms with Crippen LogP contribution in [0.4, 0.5) is 0 Å². The van der Waals surface area contributed by atoms with Crippen LogP contribution in [-0.4, -0.2) is 34.6 Å². The molecular weight excluding hydrogens is 581 g/mol. The van der Waals surface area contributed by atoms with Crippen molar-refractivity contribution in [2.24, 2.45) is 0 Å². The molecule has 0 saturated carbocycles. The first kappa shape index (κ1) is 28.3. The molecule has 4 aromatic rings. The Balaban J connectivity index is 1.53. The molecule has 1 atom stereocenters. The molecule has 1 aliphatic heterocycles. The van der Waals surface area contributed by atoms with Gasteiger partial charge in [0.05, 0.1) is 0 Å². The molecule has 0 bridgehead atoms. The molecule has 4 aromatic carbocycles. The molecule has 1 heterocycles. The van der Waals surface area contributed by atoms with Crippen molar-refractivity contribution in [3.63, 3.8) is 0 Å². The van der Waals surface area contributed by atoms with Gasteiger partial charge in [0.2, 0.25) is 0 Å². The van der Waals surface area contributed by atoms with Gasteiger partial charge >= 0.3 is 246 Å². The molecule has 6 heteroatoms. The van der Waals surface area contributed by atoms with Crippen LogP contribution in [0.15, 0.2) is 115 Å². The molecule has 4 nitrogen and oxygen atoms in total. The van der Waals surface area contributed by atoms with E-state index in [0.29, 0.717) is 18.7 Å². The summed E-state index contributed by atoms with van der Waals surface area (Å²) in [7, 11) is 0. The van der Waals surface area contributed by atoms with E-state index in [1.165, 1.54) is 0 Å². The number of benzene rings is 4. The summed E-state index contributed by atoms with van der Waals surface area (Å²) in [4.78, 5) is 28.9. The third kappa shape index (κ3) is 5.02. The van der Waals surface area contributed by atoms with E-state index in [1.807, 2.05) is 56.0 Å². The van der Waals surface area contributed by atoms with Crippen molar-refractivity contribution in [2.75, 3.05) is 6.54 Å². The maximum absolute atomic E-state index is 14.5. The fourth-order valence-corrected chi connectivity index (χ4v) is 14.5. The van der Waals surface area contributed by atoms with Gasteiger partial charge in [0.25, 0.3) is 0 Å². The summed E-state index contributed by atoms with van der Waals surface area (Å²) in [5, 5.41) is 0.0112. The quantitative estimate of drug-likeness (QED) is 0.174. The van der Waals surface area contributed by atoms with Crippen LogP contribution < -0.4 is 15.9 Å². The summed E-state index contributed by atoms with van der Waals surface area (Å²) in [6, 6.07) is 38.8. The molecule has 0 spiro atoms. The SMILES string of the molecule is CC(C)(C)OC(=O)c1ccc(CN2CCC(P(Br)(c3ccccc3)(c3ccccc3)c3ccccc3)C2=O)cc1. The Hall–Kier alpha value is -3.27. The van der Waals surface area contributed by atoms with Crippen molar-refractivity contribution in [1.29, 1.82) is 0 Å². The Kier molecular flexibility index (Phi) is 7.74. The van der Waals surface area contributed by atoms with E-state index >= 15 is 0 Å². The number of halogens is 1. The number of rotatable bonds is 7. The average Bonchev–Trinajstić information content (AvgIpc) is 3.34. The second-order valence-electron chi connectivity index (χ2n) is 11.3. The minimum absolute atomic E-state index is 0.141. The number of esters is 1. The van der Waals surface area contributed by atoms with E-state index < -0.39 is 10.9 Å². The summed E-state index contributed by atoms with van der Waals surface area (Å²) in [5.41, 5.74) is 0.673. The van der Waals surface area contributed by atoms with Gasteiger partial charge in [-0.2, -0.15) is 0 Å². The molecule has 0 N–H and O–H groups in total. The van der Waals surface area contributed by atoms with Gasteiger partial charge in [-0.25, -0.2) is 0 Å². The van der Waals surface area contributed by atoms with Crippen molar-refractivity contribution in [3.05, 3.63) is 126 Å². The first-order valence-electron chi connectivity index (χ1n) is 13.6. The summed E-state index contributed by atoms with van der Waals surface area (Å²) in [5.74, 6) is -0.205. The molecule has 0 aliphatic carbocycles. The van der Waals surface area contributed by atoms with Crippen LogP contribution in [0.3, 0.4) is 0 Å². The zero-order valence-corrected chi connectivity index (χ0v) is 25.6. The summed E-state index contributed by atoms with van der Waals surface area (Å²) < 4.78 is 5.50. The van der Waals surface area contributed by atoms with Crippen LogP contribution in [0.25, 0.3) is 0 Å². The predicted molar refractivity (Wildman–Crippen MR) is 170 cm³/mol. The van der Waals surface area contributed by atoms with Gasteiger partial charge in [0.1, 0.15) is 0 Å². The zero-order valence-electron chi connectivity index (χ0n) is 23.2. The molecule has 1 unspecified atom stereocenters. The Labute approximate surface area is 245 Å². The topological polar surface area (TPSA) is 46.6 Å². The molecule has 1 fully saturated rings. The molecule has 206 valence electrons. The summed E-state index contributed by atoms with van der Waals surface area (Å²) in [6.07, 6.45) is 0.733. The Morgan fingerprint density at radius 2 is 1.25 bits per heavy atom. The fraction of sp³-hybridized carbons (Fsp3) is 0.235. The van der Waals surface area contributed by atoms with E-state index in [9.17, 15) is 9.59 Å².